The van der Waals surface area contributed by atoms with Crippen LogP contribution in [0.3, 0.4) is 0 Å². The monoisotopic (exact) mass is 224 g/mol. The lowest BCUT2D eigenvalue weighted by molar-refractivity contribution is 0.632. The van der Waals surface area contributed by atoms with E-state index in [1.165, 1.54) is 12.1 Å². The second-order valence-electron chi connectivity index (χ2n) is 2.52. The summed E-state index contributed by atoms with van der Waals surface area (Å²) in [7, 11) is 0. The zero-order valence-electron chi connectivity index (χ0n) is 7.54. The summed E-state index contributed by atoms with van der Waals surface area (Å²) in [6.45, 7) is 0.0127. The van der Waals surface area contributed by atoms with Crippen molar-refractivity contribution in [2.75, 3.05) is 12.3 Å². The Kier molecular flexibility index (Phi) is 3.81. The van der Waals surface area contributed by atoms with E-state index in [0.717, 1.165) is 0 Å². The molecule has 0 aliphatic carbocycles. The van der Waals surface area contributed by atoms with Crippen LogP contribution in [0.25, 0.3) is 10.4 Å². The van der Waals surface area contributed by atoms with Crippen LogP contribution >= 0.6 is 11.6 Å². The summed E-state index contributed by atoms with van der Waals surface area (Å²) in [5.41, 5.74) is 13.6. The van der Waals surface area contributed by atoms with Crippen LogP contribution in [0.4, 0.5) is 10.1 Å². The van der Waals surface area contributed by atoms with Crippen LogP contribution in [0, 0.1) is 17.7 Å². The highest BCUT2D eigenvalue weighted by Crippen LogP contribution is 2.23. The number of benzene rings is 1. The van der Waals surface area contributed by atoms with Crippen molar-refractivity contribution < 1.29 is 4.39 Å². The van der Waals surface area contributed by atoms with Gasteiger partial charge in [0.1, 0.15) is 0 Å². The number of nitrogens with zero attached hydrogens (tertiary/aromatic N) is 3. The van der Waals surface area contributed by atoms with E-state index in [2.05, 4.69) is 21.9 Å². The van der Waals surface area contributed by atoms with Gasteiger partial charge in [-0.05, 0) is 17.7 Å². The van der Waals surface area contributed by atoms with E-state index in [0.29, 0.717) is 5.56 Å². The average Bonchev–Trinajstić information content (AvgIpc) is 2.24. The molecule has 0 fully saturated rings. The number of azide groups is 1. The minimum Gasteiger partial charge on any atom is -0.396 e. The lowest BCUT2D eigenvalue weighted by Gasteiger charge is -2.00. The van der Waals surface area contributed by atoms with Crippen molar-refractivity contribution in [2.45, 2.75) is 0 Å². The first-order valence-corrected chi connectivity index (χ1v) is 4.28. The molecule has 0 saturated carbocycles. The molecular weight excluding hydrogens is 219 g/mol. The molecule has 0 aromatic heterocycles. The predicted octanol–water partition coefficient (Wildman–Crippen LogP) is 2.72. The molecule has 1 aromatic rings. The van der Waals surface area contributed by atoms with Crippen LogP contribution in [0.2, 0.25) is 5.02 Å². The third-order valence-electron chi connectivity index (χ3n) is 1.55. The molecule has 0 saturated heterocycles. The van der Waals surface area contributed by atoms with Crippen LogP contribution < -0.4 is 5.73 Å². The van der Waals surface area contributed by atoms with E-state index in [1.807, 2.05) is 0 Å². The van der Waals surface area contributed by atoms with Gasteiger partial charge in [0.05, 0.1) is 17.3 Å². The van der Waals surface area contributed by atoms with Crippen LogP contribution in [-0.2, 0) is 0 Å². The molecule has 0 radical (unpaired) electrons. The van der Waals surface area contributed by atoms with Crippen LogP contribution in [-0.4, -0.2) is 6.54 Å². The van der Waals surface area contributed by atoms with Gasteiger partial charge in [-0.25, -0.2) is 4.39 Å². The summed E-state index contributed by atoms with van der Waals surface area (Å²) in [5, 5.41) is 3.08. The van der Waals surface area contributed by atoms with Gasteiger partial charge in [-0.15, -0.1) is 0 Å². The number of anilines is 1. The molecule has 2 N–H and O–H groups in total. The van der Waals surface area contributed by atoms with Crippen molar-refractivity contribution in [1.82, 2.24) is 0 Å². The maximum atomic E-state index is 13.2. The smallest absolute Gasteiger partial charge is 0.165 e. The van der Waals surface area contributed by atoms with Gasteiger partial charge in [0, 0.05) is 10.5 Å². The Morgan fingerprint density at radius 1 is 1.60 bits per heavy atom. The Hall–Kier alpha value is -1.89. The van der Waals surface area contributed by atoms with Gasteiger partial charge < -0.3 is 5.73 Å². The molecule has 0 atom stereocenters. The van der Waals surface area contributed by atoms with Crippen LogP contribution in [0.5, 0.6) is 0 Å². The zero-order chi connectivity index (χ0) is 11.3. The van der Waals surface area contributed by atoms with Gasteiger partial charge in [0.25, 0.3) is 0 Å². The van der Waals surface area contributed by atoms with Gasteiger partial charge in [-0.2, -0.15) is 0 Å². The summed E-state index contributed by atoms with van der Waals surface area (Å²) in [5.74, 6) is 4.41. The molecular formula is C9H6ClFN4. The van der Waals surface area contributed by atoms with E-state index in [9.17, 15) is 4.39 Å². The molecule has 0 bridgehead atoms. The number of nitrogens with two attached hydrogens (primary N) is 1. The topological polar surface area (TPSA) is 74.8 Å². The Labute approximate surface area is 90.5 Å². The van der Waals surface area contributed by atoms with Gasteiger partial charge >= 0.3 is 0 Å². The summed E-state index contributed by atoms with van der Waals surface area (Å²) in [6.07, 6.45) is 0. The molecule has 4 nitrogen and oxygen atoms in total. The second-order valence-corrected chi connectivity index (χ2v) is 2.90. The number of hydrogen-bond donors (Lipinski definition) is 1. The number of hydrogen-bond acceptors (Lipinski definition) is 2. The Morgan fingerprint density at radius 3 is 3.00 bits per heavy atom. The van der Waals surface area contributed by atoms with Crippen LogP contribution in [0.1, 0.15) is 5.56 Å². The van der Waals surface area contributed by atoms with Crippen molar-refractivity contribution in [3.05, 3.63) is 39.0 Å². The van der Waals surface area contributed by atoms with E-state index in [-0.39, 0.29) is 17.3 Å². The molecule has 0 unspecified atom stereocenters. The number of halogens is 2. The van der Waals surface area contributed by atoms with Crippen molar-refractivity contribution in [3.63, 3.8) is 0 Å². The third-order valence-corrected chi connectivity index (χ3v) is 1.92. The zero-order valence-corrected chi connectivity index (χ0v) is 8.29. The lowest BCUT2D eigenvalue weighted by atomic mass is 10.2. The summed E-state index contributed by atoms with van der Waals surface area (Å²) >= 11 is 5.65. The first kappa shape index (κ1) is 11.2. The van der Waals surface area contributed by atoms with Crippen molar-refractivity contribution >= 4 is 17.3 Å². The maximum absolute atomic E-state index is 13.2. The molecule has 0 amide bonds. The van der Waals surface area contributed by atoms with Crippen molar-refractivity contribution in [2.24, 2.45) is 5.11 Å². The Morgan fingerprint density at radius 2 is 2.33 bits per heavy atom. The van der Waals surface area contributed by atoms with Gasteiger partial charge in [0.15, 0.2) is 5.82 Å². The van der Waals surface area contributed by atoms with Crippen molar-refractivity contribution in [1.29, 1.82) is 0 Å². The quantitative estimate of drug-likeness (QED) is 0.257. The minimum atomic E-state index is -0.688. The minimum absolute atomic E-state index is 0.0127. The fraction of sp³-hybridized carbons (Fsp3) is 0.111. The Balaban J connectivity index is 2.99. The van der Waals surface area contributed by atoms with Gasteiger partial charge in [-0.1, -0.05) is 28.6 Å². The van der Waals surface area contributed by atoms with E-state index < -0.39 is 5.82 Å². The first-order chi connectivity index (χ1) is 7.16. The highest BCUT2D eigenvalue weighted by Gasteiger charge is 2.07. The van der Waals surface area contributed by atoms with E-state index in [1.54, 1.807) is 0 Å². The molecule has 0 aliphatic heterocycles. The summed E-state index contributed by atoms with van der Waals surface area (Å²) < 4.78 is 13.2. The summed E-state index contributed by atoms with van der Waals surface area (Å²) in [4.78, 5) is 2.52. The highest BCUT2D eigenvalue weighted by atomic mass is 35.5. The third kappa shape index (κ3) is 2.78. The largest absolute Gasteiger partial charge is 0.396 e. The molecule has 0 aliphatic rings. The molecule has 6 heteroatoms. The van der Waals surface area contributed by atoms with Gasteiger partial charge in [-0.3, -0.25) is 0 Å². The fourth-order valence-electron chi connectivity index (χ4n) is 0.863. The number of nitrogen functional groups attached to an aromatic ring is 1. The highest BCUT2D eigenvalue weighted by molar-refractivity contribution is 6.32. The fourth-order valence-corrected chi connectivity index (χ4v) is 1.08. The molecule has 15 heavy (non-hydrogen) atoms. The predicted molar refractivity (Wildman–Crippen MR) is 56.7 cm³/mol. The Bertz CT molecular complexity index is 483. The SMILES string of the molecule is [N-]=[N+]=NCC#Cc1ccc(N)c(F)c1Cl. The second kappa shape index (κ2) is 5.11. The molecule has 1 rings (SSSR count). The number of rotatable bonds is 1. The molecule has 1 aromatic carbocycles. The van der Waals surface area contributed by atoms with Gasteiger partial charge in [0.2, 0.25) is 0 Å². The van der Waals surface area contributed by atoms with E-state index >= 15 is 0 Å². The first-order valence-electron chi connectivity index (χ1n) is 3.90. The molecule has 76 valence electrons. The van der Waals surface area contributed by atoms with E-state index in [4.69, 9.17) is 22.9 Å². The summed E-state index contributed by atoms with van der Waals surface area (Å²) in [6, 6.07) is 2.88. The molecule has 0 heterocycles. The van der Waals surface area contributed by atoms with Crippen molar-refractivity contribution in [3.8, 4) is 11.8 Å². The standard InChI is InChI=1S/C9H6ClFN4/c10-8-6(2-1-5-14-15-13)3-4-7(12)9(8)11/h3-4H,5,12H2. The van der Waals surface area contributed by atoms with Crippen LogP contribution in [0.15, 0.2) is 17.2 Å². The average molecular weight is 225 g/mol. The normalized spacial score (nSPS) is 8.67. The maximum Gasteiger partial charge on any atom is 0.165 e. The lowest BCUT2D eigenvalue weighted by Crippen LogP contribution is -1.92. The molecule has 0 spiro atoms.